The van der Waals surface area contributed by atoms with Crippen LogP contribution >= 0.6 is 12.6 Å². The lowest BCUT2D eigenvalue weighted by molar-refractivity contribution is 0.408. The molecule has 0 radical (unpaired) electrons. The summed E-state index contributed by atoms with van der Waals surface area (Å²) in [7, 11) is 1.70. The molecular weight excluding hydrogens is 168 g/mol. The van der Waals surface area contributed by atoms with E-state index in [2.05, 4.69) is 38.6 Å². The number of hydrogen-bond acceptors (Lipinski definition) is 2. The number of ether oxygens (including phenoxy) is 1. The Hall–Kier alpha value is -0.630. The first-order chi connectivity index (χ1) is 5.69. The van der Waals surface area contributed by atoms with Crippen molar-refractivity contribution in [3.63, 3.8) is 0 Å². The van der Waals surface area contributed by atoms with Gasteiger partial charge in [0.1, 0.15) is 5.75 Å². The second-order valence-electron chi connectivity index (χ2n) is 2.92. The smallest absolute Gasteiger partial charge is 0.124 e. The molecule has 0 saturated carbocycles. The van der Waals surface area contributed by atoms with Gasteiger partial charge in [0.25, 0.3) is 0 Å². The molecule has 0 spiro atoms. The van der Waals surface area contributed by atoms with Crippen LogP contribution in [0.4, 0.5) is 0 Å². The average molecular weight is 182 g/mol. The maximum atomic E-state index is 5.25. The third kappa shape index (κ3) is 1.75. The maximum Gasteiger partial charge on any atom is 0.124 e. The summed E-state index contributed by atoms with van der Waals surface area (Å²) in [5, 5.41) is 0. The van der Waals surface area contributed by atoms with Gasteiger partial charge in [0.05, 0.1) is 7.11 Å². The van der Waals surface area contributed by atoms with E-state index in [4.69, 9.17) is 4.74 Å². The predicted octanol–water partition coefficient (Wildman–Crippen LogP) is 2.74. The normalized spacial score (nSPS) is 10.0. The molecular formula is C10H14OS. The van der Waals surface area contributed by atoms with Crippen molar-refractivity contribution in [1.29, 1.82) is 0 Å². The first-order valence-corrected chi connectivity index (χ1v) is 4.57. The van der Waals surface area contributed by atoms with Crippen molar-refractivity contribution >= 4 is 12.6 Å². The first kappa shape index (κ1) is 9.46. The second-order valence-corrected chi connectivity index (χ2v) is 3.24. The zero-order chi connectivity index (χ0) is 9.14. The lowest BCUT2D eigenvalue weighted by Gasteiger charge is -2.09. The zero-order valence-corrected chi connectivity index (χ0v) is 8.61. The summed E-state index contributed by atoms with van der Waals surface area (Å²) < 4.78 is 5.25. The van der Waals surface area contributed by atoms with E-state index < -0.39 is 0 Å². The number of thiol groups is 1. The van der Waals surface area contributed by atoms with Crippen molar-refractivity contribution < 1.29 is 4.74 Å². The van der Waals surface area contributed by atoms with Gasteiger partial charge >= 0.3 is 0 Å². The molecule has 12 heavy (non-hydrogen) atoms. The summed E-state index contributed by atoms with van der Waals surface area (Å²) >= 11 is 4.23. The number of rotatable bonds is 2. The van der Waals surface area contributed by atoms with E-state index in [1.165, 1.54) is 16.7 Å². The van der Waals surface area contributed by atoms with Crippen molar-refractivity contribution in [3.05, 3.63) is 28.8 Å². The number of hydrogen-bond donors (Lipinski definition) is 1. The molecule has 1 aromatic carbocycles. The standard InChI is InChI=1S/C10H14OS/c1-7-4-9(6-12)5-8(2)10(7)11-3/h4-5,12H,6H2,1-3H3. The SMILES string of the molecule is COc1c(C)cc(CS)cc1C. The summed E-state index contributed by atoms with van der Waals surface area (Å²) in [5.74, 6) is 1.77. The molecule has 1 rings (SSSR count). The molecule has 1 aromatic rings. The third-order valence-electron chi connectivity index (χ3n) is 1.91. The van der Waals surface area contributed by atoms with Gasteiger partial charge in [-0.25, -0.2) is 0 Å². The Labute approximate surface area is 79.2 Å². The Morgan fingerprint density at radius 2 is 1.75 bits per heavy atom. The molecule has 0 aromatic heterocycles. The van der Waals surface area contributed by atoms with Gasteiger partial charge in [0.15, 0.2) is 0 Å². The first-order valence-electron chi connectivity index (χ1n) is 3.94. The number of aryl methyl sites for hydroxylation is 2. The fourth-order valence-electron chi connectivity index (χ4n) is 1.45. The molecule has 1 nitrogen and oxygen atoms in total. The number of methoxy groups -OCH3 is 1. The summed E-state index contributed by atoms with van der Waals surface area (Å²) in [6.45, 7) is 4.11. The van der Waals surface area contributed by atoms with Crippen LogP contribution in [-0.2, 0) is 5.75 Å². The van der Waals surface area contributed by atoms with Crippen LogP contribution in [0.15, 0.2) is 12.1 Å². The Bertz CT molecular complexity index is 258. The highest BCUT2D eigenvalue weighted by Gasteiger charge is 2.03. The van der Waals surface area contributed by atoms with E-state index in [1.807, 2.05) is 0 Å². The van der Waals surface area contributed by atoms with Crippen molar-refractivity contribution in [1.82, 2.24) is 0 Å². The van der Waals surface area contributed by atoms with E-state index in [9.17, 15) is 0 Å². The van der Waals surface area contributed by atoms with Gasteiger partial charge in [-0.15, -0.1) is 0 Å². The molecule has 0 aliphatic rings. The Kier molecular flexibility index (Phi) is 3.04. The Morgan fingerprint density at radius 1 is 1.25 bits per heavy atom. The highest BCUT2D eigenvalue weighted by atomic mass is 32.1. The van der Waals surface area contributed by atoms with Crippen molar-refractivity contribution in [3.8, 4) is 5.75 Å². The largest absolute Gasteiger partial charge is 0.496 e. The van der Waals surface area contributed by atoms with Crippen LogP contribution in [0.2, 0.25) is 0 Å². The van der Waals surface area contributed by atoms with E-state index >= 15 is 0 Å². The van der Waals surface area contributed by atoms with E-state index in [1.54, 1.807) is 7.11 Å². The summed E-state index contributed by atoms with van der Waals surface area (Å²) in [5.41, 5.74) is 3.61. The highest BCUT2D eigenvalue weighted by molar-refractivity contribution is 7.79. The van der Waals surface area contributed by atoms with Crippen molar-refractivity contribution in [2.24, 2.45) is 0 Å². The minimum atomic E-state index is 0.783. The lowest BCUT2D eigenvalue weighted by Crippen LogP contribution is -1.92. The zero-order valence-electron chi connectivity index (χ0n) is 7.72. The van der Waals surface area contributed by atoms with Crippen LogP contribution in [-0.4, -0.2) is 7.11 Å². The number of benzene rings is 1. The van der Waals surface area contributed by atoms with Crippen molar-refractivity contribution in [2.75, 3.05) is 7.11 Å². The average Bonchev–Trinajstić information content (AvgIpc) is 2.03. The fourth-order valence-corrected chi connectivity index (χ4v) is 1.64. The summed E-state index contributed by atoms with van der Waals surface area (Å²) in [6, 6.07) is 4.22. The van der Waals surface area contributed by atoms with Gasteiger partial charge in [-0.05, 0) is 30.5 Å². The van der Waals surface area contributed by atoms with E-state index in [0.29, 0.717) is 0 Å². The van der Waals surface area contributed by atoms with Gasteiger partial charge in [-0.1, -0.05) is 12.1 Å². The minimum Gasteiger partial charge on any atom is -0.496 e. The molecule has 0 atom stereocenters. The monoisotopic (exact) mass is 182 g/mol. The molecule has 0 amide bonds. The van der Waals surface area contributed by atoms with Crippen LogP contribution in [0.25, 0.3) is 0 Å². The van der Waals surface area contributed by atoms with Crippen molar-refractivity contribution in [2.45, 2.75) is 19.6 Å². The Morgan fingerprint density at radius 3 is 2.08 bits per heavy atom. The Balaban J connectivity index is 3.18. The van der Waals surface area contributed by atoms with Gasteiger partial charge in [-0.3, -0.25) is 0 Å². The maximum absolute atomic E-state index is 5.25. The minimum absolute atomic E-state index is 0.783. The highest BCUT2D eigenvalue weighted by Crippen LogP contribution is 2.24. The molecule has 0 aliphatic carbocycles. The molecule has 66 valence electrons. The predicted molar refractivity (Wildman–Crippen MR) is 55.2 cm³/mol. The van der Waals surface area contributed by atoms with Gasteiger partial charge < -0.3 is 4.74 Å². The summed E-state index contributed by atoms with van der Waals surface area (Å²) in [4.78, 5) is 0. The van der Waals surface area contributed by atoms with E-state index in [-0.39, 0.29) is 0 Å². The third-order valence-corrected chi connectivity index (χ3v) is 2.27. The fraction of sp³-hybridized carbons (Fsp3) is 0.400. The molecule has 0 bridgehead atoms. The molecule has 0 unspecified atom stereocenters. The second kappa shape index (κ2) is 3.85. The van der Waals surface area contributed by atoms with Crippen LogP contribution in [0.5, 0.6) is 5.75 Å². The van der Waals surface area contributed by atoms with Crippen LogP contribution in [0.3, 0.4) is 0 Å². The summed E-state index contributed by atoms with van der Waals surface area (Å²) in [6.07, 6.45) is 0. The molecule has 0 fully saturated rings. The van der Waals surface area contributed by atoms with Gasteiger partial charge in [-0.2, -0.15) is 12.6 Å². The molecule has 0 N–H and O–H groups in total. The van der Waals surface area contributed by atoms with Gasteiger partial charge in [0, 0.05) is 5.75 Å². The van der Waals surface area contributed by atoms with Crippen LogP contribution in [0.1, 0.15) is 16.7 Å². The van der Waals surface area contributed by atoms with Crippen LogP contribution in [0, 0.1) is 13.8 Å². The lowest BCUT2D eigenvalue weighted by atomic mass is 10.1. The van der Waals surface area contributed by atoms with E-state index in [0.717, 1.165) is 11.5 Å². The quantitative estimate of drug-likeness (QED) is 0.692. The molecule has 0 heterocycles. The molecule has 0 aliphatic heterocycles. The van der Waals surface area contributed by atoms with Gasteiger partial charge in [0.2, 0.25) is 0 Å². The molecule has 0 saturated heterocycles. The van der Waals surface area contributed by atoms with Crippen LogP contribution < -0.4 is 4.74 Å². The molecule has 2 heteroatoms. The topological polar surface area (TPSA) is 9.23 Å².